The van der Waals surface area contributed by atoms with Crippen LogP contribution in [0.15, 0.2) is 12.4 Å². The first-order valence-corrected chi connectivity index (χ1v) is 5.71. The Labute approximate surface area is 95.3 Å². The molecule has 0 aliphatic heterocycles. The van der Waals surface area contributed by atoms with Gasteiger partial charge in [0, 0.05) is 19.1 Å². The highest BCUT2D eigenvalue weighted by atomic mass is 16.3. The van der Waals surface area contributed by atoms with Crippen LogP contribution in [-0.4, -0.2) is 39.2 Å². The van der Waals surface area contributed by atoms with Crippen LogP contribution in [0.3, 0.4) is 0 Å². The number of nitrogen functional groups attached to an aromatic ring is 1. The van der Waals surface area contributed by atoms with E-state index in [2.05, 4.69) is 14.9 Å². The second kappa shape index (κ2) is 5.23. The summed E-state index contributed by atoms with van der Waals surface area (Å²) < 4.78 is 0. The van der Waals surface area contributed by atoms with Crippen LogP contribution < -0.4 is 5.73 Å². The molecular weight excluding hydrogens is 204 g/mol. The molecule has 3 N–H and O–H groups in total. The molecule has 1 aliphatic carbocycles. The molecule has 1 aromatic heterocycles. The Kier molecular flexibility index (Phi) is 3.69. The number of aliphatic hydroxyl groups is 1. The van der Waals surface area contributed by atoms with Gasteiger partial charge in [-0.1, -0.05) is 6.42 Å². The molecule has 0 radical (unpaired) electrons. The van der Waals surface area contributed by atoms with Crippen molar-refractivity contribution >= 4 is 5.82 Å². The van der Waals surface area contributed by atoms with Crippen LogP contribution in [0.25, 0.3) is 0 Å². The molecule has 0 spiro atoms. The second-order valence-electron chi connectivity index (χ2n) is 4.21. The zero-order valence-corrected chi connectivity index (χ0v) is 9.34. The zero-order valence-electron chi connectivity index (χ0n) is 9.34. The SMILES string of the molecule is Nc1cnc(CN(CCO)C2CCC2)cn1. The van der Waals surface area contributed by atoms with Crippen molar-refractivity contribution in [1.29, 1.82) is 0 Å². The van der Waals surface area contributed by atoms with Crippen LogP contribution in [0.1, 0.15) is 25.0 Å². The maximum Gasteiger partial charge on any atom is 0.141 e. The van der Waals surface area contributed by atoms with Crippen molar-refractivity contribution in [3.63, 3.8) is 0 Å². The molecule has 1 heterocycles. The van der Waals surface area contributed by atoms with Crippen molar-refractivity contribution in [3.05, 3.63) is 18.1 Å². The fourth-order valence-electron chi connectivity index (χ4n) is 1.93. The van der Waals surface area contributed by atoms with E-state index in [0.717, 1.165) is 12.2 Å². The van der Waals surface area contributed by atoms with Crippen molar-refractivity contribution in [2.45, 2.75) is 31.8 Å². The third-order valence-electron chi connectivity index (χ3n) is 3.07. The van der Waals surface area contributed by atoms with Crippen molar-refractivity contribution in [2.75, 3.05) is 18.9 Å². The quantitative estimate of drug-likeness (QED) is 0.754. The van der Waals surface area contributed by atoms with E-state index in [-0.39, 0.29) is 6.61 Å². The molecule has 0 aromatic carbocycles. The first kappa shape index (κ1) is 11.3. The lowest BCUT2D eigenvalue weighted by atomic mass is 9.91. The third kappa shape index (κ3) is 2.68. The molecule has 1 fully saturated rings. The van der Waals surface area contributed by atoms with Crippen molar-refractivity contribution < 1.29 is 5.11 Å². The van der Waals surface area contributed by atoms with E-state index >= 15 is 0 Å². The van der Waals surface area contributed by atoms with Gasteiger partial charge in [-0.2, -0.15) is 0 Å². The molecule has 1 aliphatic rings. The van der Waals surface area contributed by atoms with E-state index in [1.54, 1.807) is 12.4 Å². The molecule has 0 saturated heterocycles. The number of anilines is 1. The number of rotatable bonds is 5. The fraction of sp³-hybridized carbons (Fsp3) is 0.636. The predicted octanol–water partition coefficient (Wildman–Crippen LogP) is 0.406. The monoisotopic (exact) mass is 222 g/mol. The van der Waals surface area contributed by atoms with Crippen LogP contribution in [0.5, 0.6) is 0 Å². The minimum absolute atomic E-state index is 0.193. The van der Waals surface area contributed by atoms with Crippen LogP contribution >= 0.6 is 0 Å². The number of hydrogen-bond acceptors (Lipinski definition) is 5. The van der Waals surface area contributed by atoms with Gasteiger partial charge in [0.25, 0.3) is 0 Å². The van der Waals surface area contributed by atoms with E-state index < -0.39 is 0 Å². The highest BCUT2D eigenvalue weighted by Crippen LogP contribution is 2.25. The molecule has 1 saturated carbocycles. The van der Waals surface area contributed by atoms with Crippen molar-refractivity contribution in [2.24, 2.45) is 0 Å². The number of nitrogens with two attached hydrogens (primary N) is 1. The second-order valence-corrected chi connectivity index (χ2v) is 4.21. The van der Waals surface area contributed by atoms with Gasteiger partial charge in [-0.3, -0.25) is 9.88 Å². The van der Waals surface area contributed by atoms with Crippen LogP contribution in [-0.2, 0) is 6.54 Å². The van der Waals surface area contributed by atoms with Gasteiger partial charge in [-0.15, -0.1) is 0 Å². The smallest absolute Gasteiger partial charge is 0.141 e. The predicted molar refractivity (Wildman–Crippen MR) is 61.6 cm³/mol. The topological polar surface area (TPSA) is 75.3 Å². The van der Waals surface area contributed by atoms with Gasteiger partial charge in [0.05, 0.1) is 24.7 Å². The number of nitrogens with zero attached hydrogens (tertiary/aromatic N) is 3. The van der Waals surface area contributed by atoms with Gasteiger partial charge in [-0.25, -0.2) is 4.98 Å². The molecule has 0 bridgehead atoms. The fourth-order valence-corrected chi connectivity index (χ4v) is 1.93. The first-order valence-electron chi connectivity index (χ1n) is 5.71. The Hall–Kier alpha value is -1.20. The molecule has 0 atom stereocenters. The van der Waals surface area contributed by atoms with E-state index in [0.29, 0.717) is 18.4 Å². The molecule has 2 rings (SSSR count). The van der Waals surface area contributed by atoms with Gasteiger partial charge >= 0.3 is 0 Å². The molecule has 16 heavy (non-hydrogen) atoms. The minimum Gasteiger partial charge on any atom is -0.395 e. The molecular formula is C11H18N4O. The maximum atomic E-state index is 9.03. The summed E-state index contributed by atoms with van der Waals surface area (Å²) in [5.41, 5.74) is 6.40. The summed E-state index contributed by atoms with van der Waals surface area (Å²) in [6, 6.07) is 0.603. The Morgan fingerprint density at radius 3 is 2.69 bits per heavy atom. The highest BCUT2D eigenvalue weighted by molar-refractivity contribution is 5.22. The number of aliphatic hydroxyl groups excluding tert-OH is 1. The molecule has 1 aromatic rings. The van der Waals surface area contributed by atoms with Gasteiger partial charge in [0.1, 0.15) is 5.82 Å². The third-order valence-corrected chi connectivity index (χ3v) is 3.07. The maximum absolute atomic E-state index is 9.03. The van der Waals surface area contributed by atoms with Gasteiger partial charge in [0.15, 0.2) is 0 Å². The van der Waals surface area contributed by atoms with E-state index in [9.17, 15) is 0 Å². The molecule has 88 valence electrons. The Morgan fingerprint density at radius 1 is 1.38 bits per heavy atom. The van der Waals surface area contributed by atoms with Gasteiger partial charge in [-0.05, 0) is 12.8 Å². The Morgan fingerprint density at radius 2 is 2.19 bits per heavy atom. The Balaban J connectivity index is 1.96. The number of aromatic nitrogens is 2. The minimum atomic E-state index is 0.193. The largest absolute Gasteiger partial charge is 0.395 e. The molecule has 0 amide bonds. The zero-order chi connectivity index (χ0) is 11.4. The van der Waals surface area contributed by atoms with Crippen LogP contribution in [0, 0.1) is 0 Å². The summed E-state index contributed by atoms with van der Waals surface area (Å²) in [5, 5.41) is 9.03. The van der Waals surface area contributed by atoms with Gasteiger partial charge < -0.3 is 10.8 Å². The lowest BCUT2D eigenvalue weighted by molar-refractivity contribution is 0.0932. The average molecular weight is 222 g/mol. The highest BCUT2D eigenvalue weighted by Gasteiger charge is 2.24. The summed E-state index contributed by atoms with van der Waals surface area (Å²) in [5.74, 6) is 0.445. The standard InChI is InChI=1S/C11H18N4O/c12-11-7-13-9(6-14-11)8-15(4-5-16)10-2-1-3-10/h6-7,10,16H,1-5,8H2,(H2,12,14). The molecule has 5 nitrogen and oxygen atoms in total. The summed E-state index contributed by atoms with van der Waals surface area (Å²) in [4.78, 5) is 10.5. The lowest BCUT2D eigenvalue weighted by Crippen LogP contribution is -2.41. The van der Waals surface area contributed by atoms with Crippen molar-refractivity contribution in [1.82, 2.24) is 14.9 Å². The first-order chi connectivity index (χ1) is 7.79. The number of hydrogen-bond donors (Lipinski definition) is 2. The lowest BCUT2D eigenvalue weighted by Gasteiger charge is -2.36. The van der Waals surface area contributed by atoms with Crippen LogP contribution in [0.4, 0.5) is 5.82 Å². The summed E-state index contributed by atoms with van der Waals surface area (Å²) in [7, 11) is 0. The van der Waals surface area contributed by atoms with Gasteiger partial charge in [0.2, 0.25) is 0 Å². The van der Waals surface area contributed by atoms with E-state index in [1.165, 1.54) is 19.3 Å². The van der Waals surface area contributed by atoms with Crippen molar-refractivity contribution in [3.8, 4) is 0 Å². The molecule has 0 unspecified atom stereocenters. The summed E-state index contributed by atoms with van der Waals surface area (Å²) in [6.45, 7) is 1.65. The van der Waals surface area contributed by atoms with E-state index in [1.807, 2.05) is 0 Å². The summed E-state index contributed by atoms with van der Waals surface area (Å²) in [6.07, 6.45) is 7.02. The Bertz CT molecular complexity index is 323. The normalized spacial score (nSPS) is 16.4. The van der Waals surface area contributed by atoms with Crippen LogP contribution in [0.2, 0.25) is 0 Å². The summed E-state index contributed by atoms with van der Waals surface area (Å²) >= 11 is 0. The average Bonchev–Trinajstić information content (AvgIpc) is 2.19. The molecule has 5 heteroatoms. The van der Waals surface area contributed by atoms with E-state index in [4.69, 9.17) is 10.8 Å².